The van der Waals surface area contributed by atoms with E-state index in [0.29, 0.717) is 65.5 Å². The second kappa shape index (κ2) is 17.2. The number of nitrogens with one attached hydrogen (secondary N) is 1. The number of hydrogen-bond acceptors (Lipinski definition) is 13. The van der Waals surface area contributed by atoms with Crippen LogP contribution in [0, 0.1) is 53.0 Å². The van der Waals surface area contributed by atoms with E-state index in [2.05, 4.69) is 64.6 Å². The molecule has 13 heteroatoms. The SMILES string of the molecule is NC1NCC23C=CC4C5=CN=C6CN(C=C56)C5Oc6c(cc(O)c(CCC(=O)CC(O)C7C=CC(C8CCCC8)CC7O)c6CSSC2)OC#CC2(CCCC2)C5C#CC(O)c2ccc1c3c24. The molecule has 11 nitrogen and oxygen atoms in total. The van der Waals surface area contributed by atoms with E-state index in [1.54, 1.807) is 27.7 Å². The van der Waals surface area contributed by atoms with Crippen molar-refractivity contribution in [3.63, 3.8) is 0 Å². The molecule has 10 bridgehead atoms. The number of aromatic hydroxyl groups is 1. The zero-order valence-electron chi connectivity index (χ0n) is 37.6. The summed E-state index contributed by atoms with van der Waals surface area (Å²) in [6, 6.07) is 5.64. The van der Waals surface area contributed by atoms with Gasteiger partial charge in [0.15, 0.2) is 17.7 Å². The Hall–Kier alpha value is -4.44. The molecule has 12 aliphatic rings. The minimum atomic E-state index is -1.11. The first-order valence-corrected chi connectivity index (χ1v) is 26.9. The molecule has 10 unspecified atom stereocenters. The van der Waals surface area contributed by atoms with Gasteiger partial charge in [0.2, 0.25) is 0 Å². The molecule has 67 heavy (non-hydrogen) atoms. The number of carbonyl (C=O) groups excluding carboxylic acids is 1. The van der Waals surface area contributed by atoms with E-state index in [1.807, 2.05) is 18.3 Å². The first-order chi connectivity index (χ1) is 32.6. The van der Waals surface area contributed by atoms with Crippen LogP contribution in [0.15, 0.2) is 71.0 Å². The highest BCUT2D eigenvalue weighted by Crippen LogP contribution is 2.55. The molecule has 8 aliphatic heterocycles. The van der Waals surface area contributed by atoms with Crippen LogP contribution in [0.25, 0.3) is 0 Å². The van der Waals surface area contributed by atoms with Gasteiger partial charge in [-0.2, -0.15) is 0 Å². The van der Waals surface area contributed by atoms with Gasteiger partial charge in [0.1, 0.15) is 23.7 Å². The summed E-state index contributed by atoms with van der Waals surface area (Å²) in [5, 5.41) is 50.5. The van der Waals surface area contributed by atoms with Crippen molar-refractivity contribution in [1.29, 1.82) is 0 Å². The number of fused-ring (bicyclic) bond motifs is 1. The summed E-state index contributed by atoms with van der Waals surface area (Å²) in [5.74, 6) is 11.9. The summed E-state index contributed by atoms with van der Waals surface area (Å²) in [4.78, 5) is 21.1. The summed E-state index contributed by atoms with van der Waals surface area (Å²) in [6.07, 6.45) is 21.1. The molecule has 2 aromatic carbocycles. The third-order valence-electron chi connectivity index (χ3n) is 16.8. The summed E-state index contributed by atoms with van der Waals surface area (Å²) in [5.41, 5.74) is 14.1. The fraction of sp³-hybridized carbons (Fsp3) is 0.519. The monoisotopic (exact) mass is 938 g/mol. The van der Waals surface area contributed by atoms with Crippen LogP contribution in [0.1, 0.15) is 122 Å². The van der Waals surface area contributed by atoms with Crippen molar-refractivity contribution in [2.45, 2.75) is 125 Å². The number of aliphatic imine (C=N–C) groups is 1. The lowest BCUT2D eigenvalue weighted by Gasteiger charge is -2.46. The van der Waals surface area contributed by atoms with Crippen molar-refractivity contribution >= 4 is 33.1 Å². The van der Waals surface area contributed by atoms with Gasteiger partial charge < -0.3 is 40.5 Å². The number of phenolic OH excluding ortho intramolecular Hbond substituents is 1. The van der Waals surface area contributed by atoms with Crippen molar-refractivity contribution in [3.05, 3.63) is 99.4 Å². The largest absolute Gasteiger partial charge is 0.508 e. The van der Waals surface area contributed by atoms with E-state index in [-0.39, 0.29) is 42.9 Å². The van der Waals surface area contributed by atoms with Crippen LogP contribution in [0.3, 0.4) is 0 Å². The van der Waals surface area contributed by atoms with Crippen LogP contribution < -0.4 is 20.5 Å². The lowest BCUT2D eigenvalue weighted by Crippen LogP contribution is -2.50. The van der Waals surface area contributed by atoms with Crippen molar-refractivity contribution in [2.24, 2.45) is 39.8 Å². The van der Waals surface area contributed by atoms with Crippen molar-refractivity contribution in [1.82, 2.24) is 10.2 Å². The van der Waals surface area contributed by atoms with Gasteiger partial charge in [-0.15, -0.1) is 0 Å². The molecule has 14 rings (SSSR count). The van der Waals surface area contributed by atoms with Crippen molar-refractivity contribution < 1.29 is 34.7 Å². The number of ether oxygens (including phenoxy) is 2. The summed E-state index contributed by atoms with van der Waals surface area (Å²) >= 11 is 0. The lowest BCUT2D eigenvalue weighted by molar-refractivity contribution is -0.122. The predicted molar refractivity (Wildman–Crippen MR) is 260 cm³/mol. The Morgan fingerprint density at radius 1 is 1.07 bits per heavy atom. The summed E-state index contributed by atoms with van der Waals surface area (Å²) in [6.45, 7) is 1.08. The maximum Gasteiger partial charge on any atom is 0.187 e. The number of allylic oxidation sites excluding steroid dienone is 3. The molecule has 10 atom stereocenters. The molecule has 0 aromatic heterocycles. The second-order valence-electron chi connectivity index (χ2n) is 20.6. The molecule has 348 valence electrons. The molecular weight excluding hydrogens is 881 g/mol. The molecule has 2 fully saturated rings. The van der Waals surface area contributed by atoms with Gasteiger partial charge >= 0.3 is 0 Å². The van der Waals surface area contributed by atoms with Crippen LogP contribution in [-0.2, 0) is 22.4 Å². The molecule has 0 saturated heterocycles. The quantitative estimate of drug-likeness (QED) is 0.0936. The zero-order valence-corrected chi connectivity index (χ0v) is 39.2. The maximum absolute atomic E-state index is 13.9. The number of benzene rings is 2. The van der Waals surface area contributed by atoms with E-state index < -0.39 is 47.2 Å². The lowest BCUT2D eigenvalue weighted by atomic mass is 9.64. The molecule has 0 amide bonds. The van der Waals surface area contributed by atoms with E-state index in [1.165, 1.54) is 25.7 Å². The number of aliphatic hydroxyl groups excluding tert-OH is 3. The van der Waals surface area contributed by atoms with E-state index in [4.69, 9.17) is 20.2 Å². The Kier molecular flexibility index (Phi) is 11.2. The van der Waals surface area contributed by atoms with Gasteiger partial charge in [-0.05, 0) is 78.2 Å². The smallest absolute Gasteiger partial charge is 0.187 e. The van der Waals surface area contributed by atoms with Gasteiger partial charge in [-0.25, -0.2) is 0 Å². The third kappa shape index (κ3) is 7.42. The molecule has 8 heterocycles. The number of ketones is 1. The number of carbonyl (C=O) groups is 1. The Morgan fingerprint density at radius 3 is 2.75 bits per heavy atom. The number of Topliss-reactive ketones (excluding diaryl/α,β-unsaturated/α-hetero) is 1. The normalized spacial score (nSPS) is 33.1. The molecule has 4 aliphatic carbocycles. The molecule has 0 radical (unpaired) electrons. The van der Waals surface area contributed by atoms with Crippen LogP contribution in [-0.4, -0.2) is 74.1 Å². The second-order valence-corrected chi connectivity index (χ2v) is 23.1. The van der Waals surface area contributed by atoms with E-state index in [9.17, 15) is 25.2 Å². The Balaban J connectivity index is 0.956. The molecule has 2 spiro atoms. The number of hydrogen-bond donors (Lipinski definition) is 6. The Bertz CT molecular complexity index is 2690. The first kappa shape index (κ1) is 43.8. The fourth-order valence-electron chi connectivity index (χ4n) is 13.3. The van der Waals surface area contributed by atoms with Crippen LogP contribution >= 0.6 is 21.6 Å². The predicted octanol–water partition coefficient (Wildman–Crippen LogP) is 7.26. The zero-order chi connectivity index (χ0) is 45.6. The third-order valence-corrected chi connectivity index (χ3v) is 19.3. The number of rotatable bonds is 7. The summed E-state index contributed by atoms with van der Waals surface area (Å²) < 4.78 is 13.8. The van der Waals surface area contributed by atoms with Gasteiger partial charge in [0.25, 0.3) is 0 Å². The van der Waals surface area contributed by atoms with E-state index in [0.717, 1.165) is 64.8 Å². The van der Waals surface area contributed by atoms with Gasteiger partial charge in [-0.3, -0.25) is 15.1 Å². The highest BCUT2D eigenvalue weighted by Gasteiger charge is 2.51. The Labute approximate surface area is 400 Å². The van der Waals surface area contributed by atoms with E-state index >= 15 is 0 Å². The van der Waals surface area contributed by atoms with Gasteiger partial charge in [-0.1, -0.05) is 101 Å². The van der Waals surface area contributed by atoms with Crippen molar-refractivity contribution in [3.8, 4) is 41.1 Å². The molecule has 2 saturated carbocycles. The first-order valence-electron chi connectivity index (χ1n) is 24.4. The van der Waals surface area contributed by atoms with Crippen molar-refractivity contribution in [2.75, 3.05) is 18.8 Å². The number of nitrogens with zero attached hydrogens (tertiary/aromatic N) is 2. The average Bonchev–Trinajstić information content (AvgIpc) is 4.16. The van der Waals surface area contributed by atoms with Crippen LogP contribution in [0.4, 0.5) is 0 Å². The maximum atomic E-state index is 13.9. The average molecular weight is 939 g/mol. The molecule has 7 N–H and O–H groups in total. The van der Waals surface area contributed by atoms with Crippen LogP contribution in [0.2, 0.25) is 0 Å². The number of aliphatic hydroxyl groups is 3. The number of phenols is 1. The Morgan fingerprint density at radius 2 is 1.91 bits per heavy atom. The highest BCUT2D eigenvalue weighted by molar-refractivity contribution is 8.76. The van der Waals surface area contributed by atoms with Crippen LogP contribution in [0.5, 0.6) is 17.2 Å². The fourth-order valence-corrected chi connectivity index (χ4v) is 15.9. The number of nitrogens with two attached hydrogens (primary N) is 1. The molecular formula is C54H58N4O7S2. The topological polar surface area (TPSA) is 170 Å². The minimum absolute atomic E-state index is 0.0188. The van der Waals surface area contributed by atoms with Gasteiger partial charge in [0, 0.05) is 83.3 Å². The highest BCUT2D eigenvalue weighted by atomic mass is 33.1. The van der Waals surface area contributed by atoms with Gasteiger partial charge in [0.05, 0.1) is 42.0 Å². The standard InChI is InChI=1S/C54H58N4O7S2/c55-51-37-12-11-36-43(60)14-13-41-52-58-25-39-38(24-56-42(39)26-58)34-15-18-54(28-57-51,49(37)48(34)36)29-67-66-27-40-33(46(63)23-47(50(40)65-52)64-20-19-53(41)16-3-4-17-53)10-8-32(59)22-45(62)35-9-7-31(21-44(35)61)30-5-1-2-6-30/h7,9,11-12,15,18,23-25,30-31,34-35,41,43-45,51-52,57,60-63H,1-6,8,10,16-17,21-22,26-29,55H2. The summed E-state index contributed by atoms with van der Waals surface area (Å²) in [7, 11) is 3.37. The minimum Gasteiger partial charge on any atom is -0.508 e. The molecule has 2 aromatic rings.